The summed E-state index contributed by atoms with van der Waals surface area (Å²) < 4.78 is 6.20. The third kappa shape index (κ3) is 5.71. The van der Waals surface area contributed by atoms with Crippen LogP contribution in [-0.4, -0.2) is 35.6 Å². The van der Waals surface area contributed by atoms with Crippen molar-refractivity contribution in [2.75, 3.05) is 18.4 Å². The number of hydrogen-bond acceptors (Lipinski definition) is 4. The van der Waals surface area contributed by atoms with Crippen molar-refractivity contribution in [2.24, 2.45) is 11.7 Å². The monoisotopic (exact) mass is 425 g/mol. The molecule has 7 heteroatoms. The Labute approximate surface area is 163 Å². The van der Waals surface area contributed by atoms with Crippen LogP contribution in [0.4, 0.5) is 10.5 Å². The summed E-state index contributed by atoms with van der Waals surface area (Å²) in [4.78, 5) is 26.3. The second kappa shape index (κ2) is 8.39. The maximum Gasteiger partial charge on any atom is 0.410 e. The fourth-order valence-electron chi connectivity index (χ4n) is 2.80. The predicted molar refractivity (Wildman–Crippen MR) is 106 cm³/mol. The number of nitrogens with zero attached hydrogens (tertiary/aromatic N) is 1. The van der Waals surface area contributed by atoms with Crippen molar-refractivity contribution in [3.8, 4) is 0 Å². The summed E-state index contributed by atoms with van der Waals surface area (Å²) in [5.74, 6) is -0.142. The average Bonchev–Trinajstić information content (AvgIpc) is 2.55. The SMILES string of the molecule is CC(N)c1ccc(NC(=O)C2CCN(C(=O)OC(C)(C)C)CC2)c(Br)c1. The topological polar surface area (TPSA) is 84.7 Å². The number of nitrogens with one attached hydrogen (secondary N) is 1. The van der Waals surface area contributed by atoms with Crippen LogP contribution in [-0.2, 0) is 9.53 Å². The first-order valence-electron chi connectivity index (χ1n) is 8.90. The van der Waals surface area contributed by atoms with Gasteiger partial charge in [0.15, 0.2) is 0 Å². The van der Waals surface area contributed by atoms with E-state index >= 15 is 0 Å². The summed E-state index contributed by atoms with van der Waals surface area (Å²) in [6.45, 7) is 8.51. The number of amides is 2. The number of rotatable bonds is 3. The molecule has 3 N–H and O–H groups in total. The Morgan fingerprint density at radius 3 is 2.42 bits per heavy atom. The van der Waals surface area contributed by atoms with Crippen molar-refractivity contribution in [3.05, 3.63) is 28.2 Å². The minimum absolute atomic E-state index is 0.0249. The van der Waals surface area contributed by atoms with Gasteiger partial charge in [-0.1, -0.05) is 6.07 Å². The van der Waals surface area contributed by atoms with Gasteiger partial charge in [0.25, 0.3) is 0 Å². The quantitative estimate of drug-likeness (QED) is 0.764. The molecule has 1 fully saturated rings. The smallest absolute Gasteiger partial charge is 0.410 e. The van der Waals surface area contributed by atoms with Gasteiger partial charge in [-0.2, -0.15) is 0 Å². The van der Waals surface area contributed by atoms with Crippen molar-refractivity contribution < 1.29 is 14.3 Å². The second-order valence-corrected chi connectivity index (χ2v) is 8.61. The number of likely N-dealkylation sites (tertiary alicyclic amines) is 1. The zero-order valence-corrected chi connectivity index (χ0v) is 17.4. The van der Waals surface area contributed by atoms with Crippen LogP contribution in [0.5, 0.6) is 0 Å². The molecule has 1 unspecified atom stereocenters. The molecule has 6 nitrogen and oxygen atoms in total. The number of piperidine rings is 1. The van der Waals surface area contributed by atoms with E-state index in [4.69, 9.17) is 10.5 Å². The Kier molecular flexibility index (Phi) is 6.69. The number of anilines is 1. The highest BCUT2D eigenvalue weighted by Gasteiger charge is 2.30. The third-order valence-corrected chi connectivity index (χ3v) is 4.95. The van der Waals surface area contributed by atoms with Gasteiger partial charge in [-0.15, -0.1) is 0 Å². The van der Waals surface area contributed by atoms with Gasteiger partial charge in [-0.25, -0.2) is 4.79 Å². The molecule has 1 saturated heterocycles. The molecule has 0 spiro atoms. The summed E-state index contributed by atoms with van der Waals surface area (Å²) in [7, 11) is 0. The molecule has 26 heavy (non-hydrogen) atoms. The van der Waals surface area contributed by atoms with Crippen molar-refractivity contribution >= 4 is 33.6 Å². The lowest BCUT2D eigenvalue weighted by Crippen LogP contribution is -2.43. The standard InChI is InChI=1S/C19H28BrN3O3/c1-12(21)14-5-6-16(15(20)11-14)22-17(24)13-7-9-23(10-8-13)18(25)26-19(2,3)4/h5-6,11-13H,7-10,21H2,1-4H3,(H,22,24). The largest absolute Gasteiger partial charge is 0.444 e. The number of ether oxygens (including phenoxy) is 1. The molecular formula is C19H28BrN3O3. The molecule has 0 saturated carbocycles. The van der Waals surface area contributed by atoms with Gasteiger partial charge < -0.3 is 20.7 Å². The van der Waals surface area contributed by atoms with E-state index in [9.17, 15) is 9.59 Å². The van der Waals surface area contributed by atoms with Crippen molar-refractivity contribution in [1.29, 1.82) is 0 Å². The van der Waals surface area contributed by atoms with Gasteiger partial charge in [-0.05, 0) is 74.2 Å². The zero-order valence-electron chi connectivity index (χ0n) is 15.8. The molecule has 1 aromatic carbocycles. The molecule has 0 radical (unpaired) electrons. The summed E-state index contributed by atoms with van der Waals surface area (Å²) in [5.41, 5.74) is 7.10. The fraction of sp³-hybridized carbons (Fsp3) is 0.579. The van der Waals surface area contributed by atoms with E-state index in [1.165, 1.54) is 0 Å². The molecule has 1 aliphatic rings. The van der Waals surface area contributed by atoms with Gasteiger partial charge >= 0.3 is 6.09 Å². The number of carbonyl (C=O) groups is 2. The Hall–Kier alpha value is -1.60. The van der Waals surface area contributed by atoms with E-state index in [1.54, 1.807) is 4.90 Å². The Balaban J connectivity index is 1.90. The van der Waals surface area contributed by atoms with Crippen LogP contribution in [0.15, 0.2) is 22.7 Å². The van der Waals surface area contributed by atoms with Crippen molar-refractivity contribution in [1.82, 2.24) is 4.90 Å². The fourth-order valence-corrected chi connectivity index (χ4v) is 3.30. The number of benzene rings is 1. The summed E-state index contributed by atoms with van der Waals surface area (Å²) in [5, 5.41) is 2.97. The predicted octanol–water partition coefficient (Wildman–Crippen LogP) is 4.05. The van der Waals surface area contributed by atoms with E-state index in [1.807, 2.05) is 45.9 Å². The average molecular weight is 426 g/mol. The Morgan fingerprint density at radius 2 is 1.92 bits per heavy atom. The summed E-state index contributed by atoms with van der Waals surface area (Å²) in [6, 6.07) is 5.63. The minimum atomic E-state index is -0.509. The highest BCUT2D eigenvalue weighted by atomic mass is 79.9. The minimum Gasteiger partial charge on any atom is -0.444 e. The molecule has 0 aromatic heterocycles. The van der Waals surface area contributed by atoms with Crippen LogP contribution >= 0.6 is 15.9 Å². The molecule has 1 atom stereocenters. The van der Waals surface area contributed by atoms with E-state index in [-0.39, 0.29) is 24.0 Å². The van der Waals surface area contributed by atoms with Gasteiger partial charge in [0.1, 0.15) is 5.60 Å². The van der Waals surface area contributed by atoms with Crippen LogP contribution < -0.4 is 11.1 Å². The lowest BCUT2D eigenvalue weighted by Gasteiger charge is -2.33. The molecule has 1 heterocycles. The van der Waals surface area contributed by atoms with Crippen LogP contribution in [0.25, 0.3) is 0 Å². The van der Waals surface area contributed by atoms with Gasteiger partial charge in [0.05, 0.1) is 5.69 Å². The van der Waals surface area contributed by atoms with E-state index in [2.05, 4.69) is 21.2 Å². The number of nitrogens with two attached hydrogens (primary N) is 1. The van der Waals surface area contributed by atoms with Gasteiger partial charge in [0.2, 0.25) is 5.91 Å². The van der Waals surface area contributed by atoms with Crippen LogP contribution in [0.2, 0.25) is 0 Å². The van der Waals surface area contributed by atoms with Crippen LogP contribution in [0.1, 0.15) is 52.1 Å². The van der Waals surface area contributed by atoms with Crippen molar-refractivity contribution in [2.45, 2.75) is 52.2 Å². The van der Waals surface area contributed by atoms with Gasteiger partial charge in [-0.3, -0.25) is 4.79 Å². The normalized spacial score (nSPS) is 16.9. The first kappa shape index (κ1) is 20.7. The Bertz CT molecular complexity index is 662. The second-order valence-electron chi connectivity index (χ2n) is 7.76. The summed E-state index contributed by atoms with van der Waals surface area (Å²) >= 11 is 3.48. The highest BCUT2D eigenvalue weighted by Crippen LogP contribution is 2.27. The Morgan fingerprint density at radius 1 is 1.31 bits per heavy atom. The molecule has 1 aliphatic heterocycles. The van der Waals surface area contributed by atoms with E-state index < -0.39 is 5.60 Å². The zero-order chi connectivity index (χ0) is 19.5. The van der Waals surface area contributed by atoms with Crippen LogP contribution in [0.3, 0.4) is 0 Å². The maximum atomic E-state index is 12.6. The van der Waals surface area contributed by atoms with Crippen molar-refractivity contribution in [3.63, 3.8) is 0 Å². The van der Waals surface area contributed by atoms with E-state index in [0.29, 0.717) is 25.9 Å². The molecule has 0 aliphatic carbocycles. The molecule has 144 valence electrons. The first-order chi connectivity index (χ1) is 12.1. The van der Waals surface area contributed by atoms with Gasteiger partial charge in [0, 0.05) is 29.5 Å². The van der Waals surface area contributed by atoms with E-state index in [0.717, 1.165) is 15.7 Å². The lowest BCUT2D eigenvalue weighted by atomic mass is 9.96. The number of carbonyl (C=O) groups excluding carboxylic acids is 2. The molecule has 0 bridgehead atoms. The molecule has 2 amide bonds. The molecule has 2 rings (SSSR count). The summed E-state index contributed by atoms with van der Waals surface area (Å²) in [6.07, 6.45) is 0.937. The highest BCUT2D eigenvalue weighted by molar-refractivity contribution is 9.10. The maximum absolute atomic E-state index is 12.6. The molecule has 1 aromatic rings. The first-order valence-corrected chi connectivity index (χ1v) is 9.70. The lowest BCUT2D eigenvalue weighted by molar-refractivity contribution is -0.121. The third-order valence-electron chi connectivity index (χ3n) is 4.29. The van der Waals surface area contributed by atoms with Crippen LogP contribution in [0, 0.1) is 5.92 Å². The molecular weight excluding hydrogens is 398 g/mol. The number of hydrogen-bond donors (Lipinski definition) is 2. The number of halogens is 1.